The molecule has 2 N–H and O–H groups in total. The Morgan fingerprint density at radius 3 is 2.23 bits per heavy atom. The monoisotopic (exact) mass is 367 g/mol. The number of hydrogen-bond donors (Lipinski definition) is 1. The first-order valence-corrected chi connectivity index (χ1v) is 7.49. The fraction of sp³-hybridized carbons (Fsp3) is 0.222. The van der Waals surface area contributed by atoms with E-state index in [-0.39, 0.29) is 23.5 Å². The van der Waals surface area contributed by atoms with E-state index in [1.165, 1.54) is 37.3 Å². The van der Waals surface area contributed by atoms with Crippen LogP contribution in [0.2, 0.25) is 0 Å². The van der Waals surface area contributed by atoms with E-state index < -0.39 is 23.7 Å². The van der Waals surface area contributed by atoms with Gasteiger partial charge in [-0.05, 0) is 41.0 Å². The molecule has 2 rings (SSSR count). The van der Waals surface area contributed by atoms with Gasteiger partial charge in [0.25, 0.3) is 0 Å². The predicted octanol–water partition coefficient (Wildman–Crippen LogP) is 3.94. The van der Waals surface area contributed by atoms with Crippen LogP contribution in [-0.4, -0.2) is 11.9 Å². The van der Waals surface area contributed by atoms with Gasteiger partial charge in [-0.2, -0.15) is 13.2 Å². The summed E-state index contributed by atoms with van der Waals surface area (Å²) in [4.78, 5) is 22.0. The molecule has 0 aliphatic heterocycles. The number of nitrogens with two attached hydrogens (primary N) is 1. The van der Waals surface area contributed by atoms with Gasteiger partial charge in [-0.3, -0.25) is 9.59 Å². The van der Waals surface area contributed by atoms with Crippen LogP contribution in [-0.2, 0) is 27.1 Å². The molecule has 0 radical (unpaired) electrons. The van der Waals surface area contributed by atoms with Crippen molar-refractivity contribution in [3.8, 4) is 16.9 Å². The lowest BCUT2D eigenvalue weighted by Crippen LogP contribution is -2.10. The first-order valence-electron chi connectivity index (χ1n) is 7.49. The maximum atomic E-state index is 13.5. The van der Waals surface area contributed by atoms with E-state index in [1.54, 1.807) is 0 Å². The van der Waals surface area contributed by atoms with Crippen LogP contribution in [0.25, 0.3) is 11.1 Å². The number of nitrogen functional groups attached to an aromatic ring is 1. The summed E-state index contributed by atoms with van der Waals surface area (Å²) in [5.74, 6) is -1.51. The molecule has 0 aromatic heterocycles. The number of hydrogen-bond acceptors (Lipinski definition) is 5. The minimum atomic E-state index is -4.69. The zero-order valence-corrected chi connectivity index (χ0v) is 14.0. The van der Waals surface area contributed by atoms with Crippen molar-refractivity contribution in [1.82, 2.24) is 0 Å². The second-order valence-corrected chi connectivity index (χ2v) is 5.50. The molecule has 5 nitrogen and oxygen atoms in total. The lowest BCUT2D eigenvalue weighted by Gasteiger charge is -2.17. The maximum Gasteiger partial charge on any atom is 0.417 e. The number of carbonyl (C=O) groups is 2. The third-order valence-electron chi connectivity index (χ3n) is 3.41. The Hall–Kier alpha value is -3.03. The van der Waals surface area contributed by atoms with Gasteiger partial charge in [0.15, 0.2) is 0 Å². The van der Waals surface area contributed by atoms with E-state index in [2.05, 4.69) is 0 Å². The van der Waals surface area contributed by atoms with E-state index in [4.69, 9.17) is 15.2 Å². The van der Waals surface area contributed by atoms with Crippen LogP contribution < -0.4 is 10.5 Å². The standard InChI is InChI=1S/C18H16F3NO4/c1-10(23)25-9-12-7-13(22)3-5-15(12)16-6-4-14(26-11(2)24)8-17(16)18(19,20)21/h3-8H,9,22H2,1-2H3. The molecule has 2 aromatic rings. The summed E-state index contributed by atoms with van der Waals surface area (Å²) in [7, 11) is 0. The van der Waals surface area contributed by atoms with Crippen molar-refractivity contribution in [3.05, 3.63) is 47.5 Å². The largest absolute Gasteiger partial charge is 0.461 e. The second kappa shape index (κ2) is 7.47. The number of halogens is 3. The van der Waals surface area contributed by atoms with E-state index >= 15 is 0 Å². The molecule has 0 saturated carbocycles. The summed E-state index contributed by atoms with van der Waals surface area (Å²) in [5, 5.41) is 0. The third kappa shape index (κ3) is 4.75. The molecular formula is C18H16F3NO4. The molecule has 0 aliphatic rings. The van der Waals surface area contributed by atoms with E-state index in [1.807, 2.05) is 0 Å². The third-order valence-corrected chi connectivity index (χ3v) is 3.41. The van der Waals surface area contributed by atoms with Crippen LogP contribution >= 0.6 is 0 Å². The molecule has 0 aliphatic carbocycles. The van der Waals surface area contributed by atoms with E-state index in [0.29, 0.717) is 11.3 Å². The Morgan fingerprint density at radius 1 is 1.00 bits per heavy atom. The highest BCUT2D eigenvalue weighted by atomic mass is 19.4. The molecular weight excluding hydrogens is 351 g/mol. The summed E-state index contributed by atoms with van der Waals surface area (Å²) < 4.78 is 50.2. The molecule has 0 unspecified atom stereocenters. The van der Waals surface area contributed by atoms with Crippen LogP contribution in [0.4, 0.5) is 18.9 Å². The highest BCUT2D eigenvalue weighted by molar-refractivity contribution is 5.76. The number of benzene rings is 2. The van der Waals surface area contributed by atoms with Gasteiger partial charge < -0.3 is 15.2 Å². The molecule has 138 valence electrons. The SMILES string of the molecule is CC(=O)OCc1cc(N)ccc1-c1ccc(OC(C)=O)cc1C(F)(F)F. The molecule has 0 fully saturated rings. The van der Waals surface area contributed by atoms with Crippen molar-refractivity contribution in [2.45, 2.75) is 26.6 Å². The summed E-state index contributed by atoms with van der Waals surface area (Å²) in [5.41, 5.74) is 5.43. The minimum absolute atomic E-state index is 0.143. The molecule has 0 saturated heterocycles. The van der Waals surface area contributed by atoms with Crippen molar-refractivity contribution >= 4 is 17.6 Å². The summed E-state index contributed by atoms with van der Waals surface area (Å²) >= 11 is 0. The summed E-state index contributed by atoms with van der Waals surface area (Å²) in [6.45, 7) is 2.07. The van der Waals surface area contributed by atoms with Gasteiger partial charge in [0.05, 0.1) is 5.56 Å². The van der Waals surface area contributed by atoms with Crippen LogP contribution in [0.1, 0.15) is 25.0 Å². The van der Waals surface area contributed by atoms with Crippen LogP contribution in [0, 0.1) is 0 Å². The molecule has 8 heteroatoms. The smallest absolute Gasteiger partial charge is 0.417 e. The second-order valence-electron chi connectivity index (χ2n) is 5.50. The number of esters is 2. The first kappa shape index (κ1) is 19.3. The lowest BCUT2D eigenvalue weighted by atomic mass is 9.94. The number of anilines is 1. The van der Waals surface area contributed by atoms with Crippen molar-refractivity contribution in [1.29, 1.82) is 0 Å². The Kier molecular flexibility index (Phi) is 5.54. The van der Waals surface area contributed by atoms with Gasteiger partial charge in [-0.1, -0.05) is 12.1 Å². The summed E-state index contributed by atoms with van der Waals surface area (Å²) in [6.07, 6.45) is -4.69. The minimum Gasteiger partial charge on any atom is -0.461 e. The number of alkyl halides is 3. The maximum absolute atomic E-state index is 13.5. The average Bonchev–Trinajstić information content (AvgIpc) is 2.52. The molecule has 26 heavy (non-hydrogen) atoms. The van der Waals surface area contributed by atoms with Crippen molar-refractivity contribution < 1.29 is 32.2 Å². The molecule has 2 aromatic carbocycles. The average molecular weight is 367 g/mol. The van der Waals surface area contributed by atoms with E-state index in [9.17, 15) is 22.8 Å². The van der Waals surface area contributed by atoms with Crippen molar-refractivity contribution in [2.24, 2.45) is 0 Å². The Labute approximate surface area is 147 Å². The number of ether oxygens (including phenoxy) is 2. The van der Waals surface area contributed by atoms with Gasteiger partial charge in [0.1, 0.15) is 12.4 Å². The predicted molar refractivity (Wildman–Crippen MR) is 88.1 cm³/mol. The summed E-state index contributed by atoms with van der Waals surface area (Å²) in [6, 6.07) is 7.53. The molecule has 0 bridgehead atoms. The highest BCUT2D eigenvalue weighted by Gasteiger charge is 2.35. The molecule has 0 atom stereocenters. The molecule has 0 amide bonds. The quantitative estimate of drug-likeness (QED) is 0.503. The lowest BCUT2D eigenvalue weighted by molar-refractivity contribution is -0.142. The van der Waals surface area contributed by atoms with Gasteiger partial charge in [0.2, 0.25) is 0 Å². The zero-order chi connectivity index (χ0) is 19.5. The van der Waals surface area contributed by atoms with E-state index in [0.717, 1.165) is 13.0 Å². The molecule has 0 spiro atoms. The van der Waals surface area contributed by atoms with Gasteiger partial charge in [-0.25, -0.2) is 0 Å². The fourth-order valence-electron chi connectivity index (χ4n) is 2.40. The first-order chi connectivity index (χ1) is 12.1. The van der Waals surface area contributed by atoms with Crippen molar-refractivity contribution in [3.63, 3.8) is 0 Å². The topological polar surface area (TPSA) is 78.6 Å². The molecule has 0 heterocycles. The van der Waals surface area contributed by atoms with Gasteiger partial charge in [0, 0.05) is 19.5 Å². The Bertz CT molecular complexity index is 847. The highest BCUT2D eigenvalue weighted by Crippen LogP contribution is 2.40. The normalized spacial score (nSPS) is 11.1. The van der Waals surface area contributed by atoms with Gasteiger partial charge in [-0.15, -0.1) is 0 Å². The van der Waals surface area contributed by atoms with Crippen LogP contribution in [0.15, 0.2) is 36.4 Å². The van der Waals surface area contributed by atoms with Crippen molar-refractivity contribution in [2.75, 3.05) is 5.73 Å². The fourth-order valence-corrected chi connectivity index (χ4v) is 2.40. The number of rotatable bonds is 4. The Morgan fingerprint density at radius 2 is 1.65 bits per heavy atom. The van der Waals surface area contributed by atoms with Gasteiger partial charge >= 0.3 is 18.1 Å². The zero-order valence-electron chi connectivity index (χ0n) is 14.0. The Balaban J connectivity index is 2.60. The number of carbonyl (C=O) groups excluding carboxylic acids is 2. The van der Waals surface area contributed by atoms with Crippen LogP contribution in [0.5, 0.6) is 5.75 Å². The van der Waals surface area contributed by atoms with Crippen LogP contribution in [0.3, 0.4) is 0 Å².